The van der Waals surface area contributed by atoms with E-state index in [2.05, 4.69) is 10.3 Å². The molecule has 2 heterocycles. The van der Waals surface area contributed by atoms with Gasteiger partial charge in [0.1, 0.15) is 23.3 Å². The van der Waals surface area contributed by atoms with Gasteiger partial charge in [0.05, 0.1) is 6.54 Å². The molecular weight excluding hydrogens is 466 g/mol. The summed E-state index contributed by atoms with van der Waals surface area (Å²) >= 11 is 6.00. The first kappa shape index (κ1) is 23.8. The number of benzene rings is 2. The van der Waals surface area contributed by atoms with Crippen molar-refractivity contribution in [3.63, 3.8) is 0 Å². The van der Waals surface area contributed by atoms with Crippen molar-refractivity contribution >= 4 is 23.1 Å². The monoisotopic (exact) mass is 487 g/mol. The van der Waals surface area contributed by atoms with E-state index >= 15 is 0 Å². The van der Waals surface area contributed by atoms with Crippen LogP contribution >= 0.6 is 11.6 Å². The Morgan fingerprint density at radius 1 is 1.03 bits per heavy atom. The summed E-state index contributed by atoms with van der Waals surface area (Å²) in [5, 5.41) is 12.8. The van der Waals surface area contributed by atoms with Crippen molar-refractivity contribution in [3.8, 4) is 17.7 Å². The lowest BCUT2D eigenvalue weighted by molar-refractivity contribution is 0.462. The van der Waals surface area contributed by atoms with Gasteiger partial charge in [-0.2, -0.15) is 5.26 Å². The maximum atomic E-state index is 13.2. The fourth-order valence-corrected chi connectivity index (χ4v) is 3.61. The number of anilines is 2. The lowest BCUT2D eigenvalue weighted by atomic mass is 10.2. The highest BCUT2D eigenvalue weighted by Gasteiger charge is 2.12. The van der Waals surface area contributed by atoms with Crippen LogP contribution in [0.3, 0.4) is 0 Å². The SMILES string of the molecule is CCCn1c(=O)cc(Nc2ccc(Oc3cccc(C#N)n3)cc2)n(Cc2ccc(Cl)cc2)c1=O. The van der Waals surface area contributed by atoms with Crippen molar-refractivity contribution in [2.24, 2.45) is 0 Å². The van der Waals surface area contributed by atoms with Gasteiger partial charge >= 0.3 is 5.69 Å². The first-order valence-electron chi connectivity index (χ1n) is 11.0. The molecule has 35 heavy (non-hydrogen) atoms. The Kier molecular flexibility index (Phi) is 7.29. The van der Waals surface area contributed by atoms with Crippen LogP contribution in [0.2, 0.25) is 5.02 Å². The second-order valence-corrected chi connectivity index (χ2v) is 8.18. The van der Waals surface area contributed by atoms with E-state index in [-0.39, 0.29) is 23.5 Å². The van der Waals surface area contributed by atoms with Gasteiger partial charge < -0.3 is 10.1 Å². The third-order valence-electron chi connectivity index (χ3n) is 5.17. The van der Waals surface area contributed by atoms with E-state index in [1.807, 2.05) is 25.1 Å². The number of pyridine rings is 1. The molecule has 0 amide bonds. The van der Waals surface area contributed by atoms with E-state index in [1.54, 1.807) is 54.6 Å². The summed E-state index contributed by atoms with van der Waals surface area (Å²) in [6.07, 6.45) is 0.663. The van der Waals surface area contributed by atoms with Gasteiger partial charge in [-0.1, -0.05) is 36.7 Å². The number of nitrogens with zero attached hydrogens (tertiary/aromatic N) is 4. The molecule has 0 saturated carbocycles. The van der Waals surface area contributed by atoms with Crippen molar-refractivity contribution in [1.82, 2.24) is 14.1 Å². The van der Waals surface area contributed by atoms with E-state index in [1.165, 1.54) is 15.2 Å². The zero-order chi connectivity index (χ0) is 24.8. The fraction of sp³-hybridized carbons (Fsp3) is 0.154. The molecule has 176 valence electrons. The van der Waals surface area contributed by atoms with Crippen LogP contribution in [0.4, 0.5) is 11.5 Å². The Morgan fingerprint density at radius 3 is 2.46 bits per heavy atom. The highest BCUT2D eigenvalue weighted by Crippen LogP contribution is 2.23. The first-order chi connectivity index (χ1) is 17.0. The number of aromatic nitrogens is 3. The number of hydrogen-bond acceptors (Lipinski definition) is 6. The van der Waals surface area contributed by atoms with Crippen molar-refractivity contribution < 1.29 is 4.74 Å². The lowest BCUT2D eigenvalue weighted by Crippen LogP contribution is -2.40. The fourth-order valence-electron chi connectivity index (χ4n) is 3.48. The minimum absolute atomic E-state index is 0.261. The summed E-state index contributed by atoms with van der Waals surface area (Å²) in [6, 6.07) is 22.5. The molecule has 1 N–H and O–H groups in total. The van der Waals surface area contributed by atoms with Gasteiger partial charge in [0, 0.05) is 29.4 Å². The minimum Gasteiger partial charge on any atom is -0.439 e. The third kappa shape index (κ3) is 5.78. The summed E-state index contributed by atoms with van der Waals surface area (Å²) in [6.45, 7) is 2.52. The molecule has 0 unspecified atom stereocenters. The van der Waals surface area contributed by atoms with Crippen LogP contribution in [0.25, 0.3) is 0 Å². The molecule has 0 fully saturated rings. The van der Waals surface area contributed by atoms with Gasteiger partial charge in [0.15, 0.2) is 0 Å². The molecule has 0 radical (unpaired) electrons. The predicted octanol–water partition coefficient (Wildman–Crippen LogP) is 4.92. The maximum Gasteiger partial charge on any atom is 0.332 e. The third-order valence-corrected chi connectivity index (χ3v) is 5.42. The van der Waals surface area contributed by atoms with E-state index in [4.69, 9.17) is 21.6 Å². The summed E-state index contributed by atoms with van der Waals surface area (Å²) in [7, 11) is 0. The Morgan fingerprint density at radius 2 is 1.77 bits per heavy atom. The van der Waals surface area contributed by atoms with Crippen LogP contribution in [-0.2, 0) is 13.1 Å². The van der Waals surface area contributed by atoms with Crippen LogP contribution in [0.1, 0.15) is 24.6 Å². The van der Waals surface area contributed by atoms with Crippen molar-refractivity contribution in [3.05, 3.63) is 110 Å². The van der Waals surface area contributed by atoms with Crippen LogP contribution in [0, 0.1) is 11.3 Å². The molecule has 9 heteroatoms. The van der Waals surface area contributed by atoms with Crippen molar-refractivity contribution in [2.45, 2.75) is 26.4 Å². The van der Waals surface area contributed by atoms with Crippen LogP contribution in [0.15, 0.2) is 82.4 Å². The molecular formula is C26H22ClN5O3. The number of halogens is 1. The van der Waals surface area contributed by atoms with Gasteiger partial charge in [0.2, 0.25) is 5.88 Å². The average Bonchev–Trinajstić information content (AvgIpc) is 2.86. The minimum atomic E-state index is -0.389. The summed E-state index contributed by atoms with van der Waals surface area (Å²) < 4.78 is 8.48. The zero-order valence-corrected chi connectivity index (χ0v) is 19.7. The molecule has 4 rings (SSSR count). The number of ether oxygens (including phenoxy) is 1. The molecule has 4 aromatic rings. The first-order valence-corrected chi connectivity index (χ1v) is 11.4. The van der Waals surface area contributed by atoms with Crippen LogP contribution in [0.5, 0.6) is 11.6 Å². The summed E-state index contributed by atoms with van der Waals surface area (Å²) in [5.74, 6) is 1.20. The van der Waals surface area contributed by atoms with Gasteiger partial charge in [-0.3, -0.25) is 13.9 Å². The molecule has 2 aromatic carbocycles. The second kappa shape index (κ2) is 10.7. The number of rotatable bonds is 8. The van der Waals surface area contributed by atoms with Gasteiger partial charge in [-0.05, 0) is 54.4 Å². The molecule has 0 saturated heterocycles. The van der Waals surface area contributed by atoms with Crippen molar-refractivity contribution in [1.29, 1.82) is 5.26 Å². The zero-order valence-electron chi connectivity index (χ0n) is 18.9. The molecule has 0 aliphatic rings. The number of nitrogens with one attached hydrogen (secondary N) is 1. The molecule has 0 bridgehead atoms. The molecule has 0 spiro atoms. The predicted molar refractivity (Wildman–Crippen MR) is 135 cm³/mol. The smallest absolute Gasteiger partial charge is 0.332 e. The largest absolute Gasteiger partial charge is 0.439 e. The lowest BCUT2D eigenvalue weighted by Gasteiger charge is -2.17. The Bertz CT molecular complexity index is 1490. The Balaban J connectivity index is 1.62. The van der Waals surface area contributed by atoms with Crippen LogP contribution < -0.4 is 21.3 Å². The molecule has 8 nitrogen and oxygen atoms in total. The quantitative estimate of drug-likeness (QED) is 0.378. The molecule has 0 atom stereocenters. The van der Waals surface area contributed by atoms with Gasteiger partial charge in [-0.25, -0.2) is 9.78 Å². The highest BCUT2D eigenvalue weighted by atomic mass is 35.5. The Labute approximate surface area is 206 Å². The second-order valence-electron chi connectivity index (χ2n) is 7.74. The average molecular weight is 488 g/mol. The molecule has 2 aromatic heterocycles. The van der Waals surface area contributed by atoms with Gasteiger partial charge in [0.25, 0.3) is 5.56 Å². The maximum absolute atomic E-state index is 13.2. The molecule has 0 aliphatic heterocycles. The molecule has 0 aliphatic carbocycles. The van der Waals surface area contributed by atoms with E-state index in [0.717, 1.165) is 5.56 Å². The summed E-state index contributed by atoms with van der Waals surface area (Å²) in [5.41, 5.74) is 1.04. The number of hydrogen-bond donors (Lipinski definition) is 1. The van der Waals surface area contributed by atoms with E-state index in [9.17, 15) is 9.59 Å². The topological polar surface area (TPSA) is 102 Å². The summed E-state index contributed by atoms with van der Waals surface area (Å²) in [4.78, 5) is 29.9. The van der Waals surface area contributed by atoms with Crippen LogP contribution in [-0.4, -0.2) is 14.1 Å². The standard InChI is InChI=1S/C26H22ClN5O3/c1-2-14-31-25(33)15-23(32(26(31)34)17-18-6-8-19(27)9-7-18)29-20-10-12-22(13-11-20)35-24-5-3-4-21(16-28)30-24/h3-13,15,29H,2,14,17H2,1H3. The highest BCUT2D eigenvalue weighted by molar-refractivity contribution is 6.30. The van der Waals surface area contributed by atoms with Gasteiger partial charge in [-0.15, -0.1) is 0 Å². The van der Waals surface area contributed by atoms with E-state index in [0.29, 0.717) is 41.1 Å². The van der Waals surface area contributed by atoms with E-state index < -0.39 is 0 Å². The van der Waals surface area contributed by atoms with Crippen molar-refractivity contribution in [2.75, 3.05) is 5.32 Å². The Hall–Kier alpha value is -4.35. The number of nitriles is 1. The normalized spacial score (nSPS) is 10.5.